The summed E-state index contributed by atoms with van der Waals surface area (Å²) in [5.74, 6) is -0.376. The molecule has 3 nitrogen and oxygen atoms in total. The monoisotopic (exact) mass is 270 g/mol. The molecule has 0 unspecified atom stereocenters. The Balaban J connectivity index is 3.19. The summed E-state index contributed by atoms with van der Waals surface area (Å²) in [5, 5.41) is 0. The maximum atomic E-state index is 11.5. The molecule has 80 valence electrons. The molecule has 1 rings (SSSR count). The Labute approximate surface area is 96.6 Å². The number of esters is 1. The van der Waals surface area contributed by atoms with Gasteiger partial charge in [-0.25, -0.2) is 4.79 Å². The third-order valence-electron chi connectivity index (χ3n) is 1.93. The number of carbonyl (C=O) groups excluding carboxylic acids is 2. The molecule has 0 N–H and O–H groups in total. The predicted octanol–water partition coefficient (Wildman–Crippen LogP) is 2.75. The smallest absolute Gasteiger partial charge is 0.339 e. The Kier molecular flexibility index (Phi) is 4.03. The molecule has 0 radical (unpaired) electrons. The molecular formula is C11H11BrO3. The van der Waals surface area contributed by atoms with E-state index in [0.29, 0.717) is 22.2 Å². The molecule has 1 aromatic carbocycles. The molecule has 0 aromatic heterocycles. The van der Waals surface area contributed by atoms with Gasteiger partial charge < -0.3 is 4.74 Å². The van der Waals surface area contributed by atoms with Crippen LogP contribution in [-0.2, 0) is 4.74 Å². The fourth-order valence-corrected chi connectivity index (χ4v) is 2.04. The van der Waals surface area contributed by atoms with Crippen LogP contribution >= 0.6 is 15.9 Å². The molecule has 0 bridgehead atoms. The lowest BCUT2D eigenvalue weighted by atomic mass is 10.1. The van der Waals surface area contributed by atoms with E-state index in [2.05, 4.69) is 15.9 Å². The number of aldehydes is 1. The maximum Gasteiger partial charge on any atom is 0.339 e. The van der Waals surface area contributed by atoms with Gasteiger partial charge in [0.05, 0.1) is 12.2 Å². The number of halogens is 1. The fraction of sp³-hybridized carbons (Fsp3) is 0.273. The highest BCUT2D eigenvalue weighted by molar-refractivity contribution is 9.10. The van der Waals surface area contributed by atoms with Crippen molar-refractivity contribution in [2.45, 2.75) is 13.8 Å². The third-order valence-corrected chi connectivity index (χ3v) is 2.55. The van der Waals surface area contributed by atoms with E-state index in [4.69, 9.17) is 4.74 Å². The minimum atomic E-state index is -0.376. The molecule has 0 spiro atoms. The number of rotatable bonds is 3. The van der Waals surface area contributed by atoms with Crippen molar-refractivity contribution in [1.82, 2.24) is 0 Å². The van der Waals surface area contributed by atoms with Gasteiger partial charge in [0.15, 0.2) is 0 Å². The first-order valence-corrected chi connectivity index (χ1v) is 5.32. The Hall–Kier alpha value is -1.16. The van der Waals surface area contributed by atoms with Crippen molar-refractivity contribution in [3.05, 3.63) is 33.3 Å². The zero-order valence-corrected chi connectivity index (χ0v) is 10.1. The van der Waals surface area contributed by atoms with E-state index in [9.17, 15) is 9.59 Å². The van der Waals surface area contributed by atoms with Crippen LogP contribution in [0.25, 0.3) is 0 Å². The first-order chi connectivity index (χ1) is 7.10. The van der Waals surface area contributed by atoms with Gasteiger partial charge in [-0.1, -0.05) is 0 Å². The van der Waals surface area contributed by atoms with E-state index in [-0.39, 0.29) is 5.97 Å². The normalized spacial score (nSPS) is 9.80. The SMILES string of the molecule is CCOC(=O)c1c(C)cc(C=O)cc1Br. The summed E-state index contributed by atoms with van der Waals surface area (Å²) in [5.41, 5.74) is 1.74. The van der Waals surface area contributed by atoms with Crippen LogP contribution < -0.4 is 0 Å². The molecule has 0 saturated carbocycles. The molecule has 4 heteroatoms. The Morgan fingerprint density at radius 3 is 2.67 bits per heavy atom. The van der Waals surface area contributed by atoms with Crippen molar-refractivity contribution in [1.29, 1.82) is 0 Å². The second-order valence-electron chi connectivity index (χ2n) is 3.03. The quantitative estimate of drug-likeness (QED) is 0.627. The van der Waals surface area contributed by atoms with Gasteiger partial charge in [0.25, 0.3) is 0 Å². The van der Waals surface area contributed by atoms with Crippen LogP contribution in [-0.4, -0.2) is 18.9 Å². The molecule has 15 heavy (non-hydrogen) atoms. The summed E-state index contributed by atoms with van der Waals surface area (Å²) in [7, 11) is 0. The topological polar surface area (TPSA) is 43.4 Å². The van der Waals surface area contributed by atoms with E-state index >= 15 is 0 Å². The highest BCUT2D eigenvalue weighted by atomic mass is 79.9. The summed E-state index contributed by atoms with van der Waals surface area (Å²) in [4.78, 5) is 22.1. The van der Waals surface area contributed by atoms with Crippen molar-refractivity contribution >= 4 is 28.2 Å². The number of hydrogen-bond donors (Lipinski definition) is 0. The highest BCUT2D eigenvalue weighted by Gasteiger charge is 2.14. The summed E-state index contributed by atoms with van der Waals surface area (Å²) >= 11 is 3.25. The van der Waals surface area contributed by atoms with Crippen molar-refractivity contribution in [3.8, 4) is 0 Å². The molecular weight excluding hydrogens is 260 g/mol. The lowest BCUT2D eigenvalue weighted by Crippen LogP contribution is -2.08. The summed E-state index contributed by atoms with van der Waals surface area (Å²) in [6, 6.07) is 3.26. The number of hydrogen-bond acceptors (Lipinski definition) is 3. The van der Waals surface area contributed by atoms with Crippen LogP contribution in [0.3, 0.4) is 0 Å². The van der Waals surface area contributed by atoms with Crippen LogP contribution in [0, 0.1) is 6.92 Å². The van der Waals surface area contributed by atoms with Gasteiger partial charge in [0.2, 0.25) is 0 Å². The third kappa shape index (κ3) is 2.65. The second kappa shape index (κ2) is 5.07. The van der Waals surface area contributed by atoms with Gasteiger partial charge in [-0.15, -0.1) is 0 Å². The standard InChI is InChI=1S/C11H11BrO3/c1-3-15-11(14)10-7(2)4-8(6-13)5-9(10)12/h4-6H,3H2,1-2H3. The van der Waals surface area contributed by atoms with Crippen molar-refractivity contribution in [2.24, 2.45) is 0 Å². The van der Waals surface area contributed by atoms with Gasteiger partial charge in [-0.2, -0.15) is 0 Å². The number of benzene rings is 1. The fourth-order valence-electron chi connectivity index (χ4n) is 1.30. The van der Waals surface area contributed by atoms with Crippen LogP contribution in [0.4, 0.5) is 0 Å². The molecule has 0 amide bonds. The molecule has 0 aliphatic carbocycles. The first kappa shape index (κ1) is 11.9. The largest absolute Gasteiger partial charge is 0.462 e. The lowest BCUT2D eigenvalue weighted by molar-refractivity contribution is 0.0524. The summed E-state index contributed by atoms with van der Waals surface area (Å²) < 4.78 is 5.49. The Bertz CT molecular complexity index is 376. The van der Waals surface area contributed by atoms with Gasteiger partial charge in [0.1, 0.15) is 6.29 Å². The Morgan fingerprint density at radius 1 is 1.53 bits per heavy atom. The number of carbonyl (C=O) groups is 2. The average molecular weight is 271 g/mol. The molecule has 0 saturated heterocycles. The summed E-state index contributed by atoms with van der Waals surface area (Å²) in [6.45, 7) is 3.85. The molecule has 0 aliphatic heterocycles. The number of aryl methyl sites for hydroxylation is 1. The van der Waals surface area contributed by atoms with Gasteiger partial charge in [-0.3, -0.25) is 4.79 Å². The molecule has 0 fully saturated rings. The van der Waals surface area contributed by atoms with E-state index in [1.54, 1.807) is 26.0 Å². The average Bonchev–Trinajstić information content (AvgIpc) is 2.16. The zero-order valence-electron chi connectivity index (χ0n) is 8.54. The van der Waals surface area contributed by atoms with Gasteiger partial charge in [-0.05, 0) is 47.5 Å². The van der Waals surface area contributed by atoms with E-state index < -0.39 is 0 Å². The van der Waals surface area contributed by atoms with Crippen molar-refractivity contribution in [2.75, 3.05) is 6.61 Å². The molecule has 1 aromatic rings. The van der Waals surface area contributed by atoms with E-state index in [1.807, 2.05) is 0 Å². The van der Waals surface area contributed by atoms with Gasteiger partial charge >= 0.3 is 5.97 Å². The minimum absolute atomic E-state index is 0.333. The van der Waals surface area contributed by atoms with Crippen molar-refractivity contribution in [3.63, 3.8) is 0 Å². The predicted molar refractivity (Wildman–Crippen MR) is 60.2 cm³/mol. The number of ether oxygens (including phenoxy) is 1. The van der Waals surface area contributed by atoms with Crippen LogP contribution in [0.1, 0.15) is 33.2 Å². The maximum absolute atomic E-state index is 11.5. The zero-order chi connectivity index (χ0) is 11.4. The molecule has 0 heterocycles. The first-order valence-electron chi connectivity index (χ1n) is 4.52. The lowest BCUT2D eigenvalue weighted by Gasteiger charge is -2.08. The van der Waals surface area contributed by atoms with E-state index in [1.165, 1.54) is 0 Å². The minimum Gasteiger partial charge on any atom is -0.462 e. The van der Waals surface area contributed by atoms with Crippen LogP contribution in [0.2, 0.25) is 0 Å². The molecule has 0 aliphatic rings. The Morgan fingerprint density at radius 2 is 2.20 bits per heavy atom. The van der Waals surface area contributed by atoms with Crippen molar-refractivity contribution < 1.29 is 14.3 Å². The van der Waals surface area contributed by atoms with E-state index in [0.717, 1.165) is 11.8 Å². The molecule has 0 atom stereocenters. The van der Waals surface area contributed by atoms with Crippen LogP contribution in [0.5, 0.6) is 0 Å². The second-order valence-corrected chi connectivity index (χ2v) is 3.89. The van der Waals surface area contributed by atoms with Gasteiger partial charge in [0, 0.05) is 10.0 Å². The van der Waals surface area contributed by atoms with Crippen LogP contribution in [0.15, 0.2) is 16.6 Å². The summed E-state index contributed by atoms with van der Waals surface area (Å²) in [6.07, 6.45) is 0.743. The highest BCUT2D eigenvalue weighted by Crippen LogP contribution is 2.23.